The van der Waals surface area contributed by atoms with Gasteiger partial charge in [-0.3, -0.25) is 9.59 Å². The van der Waals surface area contributed by atoms with Crippen LogP contribution in [0.25, 0.3) is 0 Å². The lowest BCUT2D eigenvalue weighted by Crippen LogP contribution is -2.82. The Morgan fingerprint density at radius 3 is 2.12 bits per heavy atom. The van der Waals surface area contributed by atoms with Crippen LogP contribution in [0.5, 0.6) is 0 Å². The Kier molecular flexibility index (Phi) is 12.7. The van der Waals surface area contributed by atoms with E-state index in [-0.39, 0.29) is 29.7 Å². The first kappa shape index (κ1) is 45.9. The summed E-state index contributed by atoms with van der Waals surface area (Å²) in [5, 5.41) is 72.0. The number of hydrogen-bond donors (Lipinski definition) is 7. The summed E-state index contributed by atoms with van der Waals surface area (Å²) >= 11 is 0. The molecule has 13 atom stereocenters. The predicted molar refractivity (Wildman–Crippen MR) is 202 cm³/mol. The summed E-state index contributed by atoms with van der Waals surface area (Å²) in [6, 6.07) is 5.87. The predicted octanol–water partition coefficient (Wildman–Crippen LogP) is 0.603. The molecule has 4 aliphatic rings. The maximum atomic E-state index is 14.2. The number of benzene rings is 1. The number of rotatable bonds is 10. The Labute approximate surface area is 341 Å². The highest BCUT2D eigenvalue weighted by molar-refractivity contribution is 5.89. The second kappa shape index (κ2) is 16.4. The van der Waals surface area contributed by atoms with Gasteiger partial charge >= 0.3 is 30.0 Å². The van der Waals surface area contributed by atoms with Crippen LogP contribution in [0.3, 0.4) is 0 Å². The molecule has 328 valence electrons. The number of hydrogen-bond acceptors (Lipinski definition) is 17. The highest BCUT2D eigenvalue weighted by Crippen LogP contribution is 2.65. The van der Waals surface area contributed by atoms with Crippen molar-refractivity contribution in [3.8, 4) is 0 Å². The van der Waals surface area contributed by atoms with Crippen molar-refractivity contribution in [2.45, 2.75) is 147 Å². The quantitative estimate of drug-likeness (QED) is 0.0966. The van der Waals surface area contributed by atoms with Crippen LogP contribution >= 0.6 is 0 Å². The molecule has 18 heteroatoms. The lowest BCUT2D eigenvalue weighted by Gasteiger charge is -2.69. The van der Waals surface area contributed by atoms with Gasteiger partial charge in [0.1, 0.15) is 41.7 Å². The van der Waals surface area contributed by atoms with Crippen molar-refractivity contribution < 1.29 is 83.0 Å². The number of carbonyl (C=O) groups is 5. The average Bonchev–Trinajstić information content (AvgIpc) is 3.13. The van der Waals surface area contributed by atoms with Crippen molar-refractivity contribution in [2.24, 2.45) is 16.7 Å². The van der Waals surface area contributed by atoms with E-state index in [0.717, 1.165) is 13.8 Å². The van der Waals surface area contributed by atoms with E-state index in [2.05, 4.69) is 5.32 Å². The molecule has 1 saturated heterocycles. The first-order chi connectivity index (χ1) is 27.3. The van der Waals surface area contributed by atoms with Crippen LogP contribution in [0, 0.1) is 16.7 Å². The maximum Gasteiger partial charge on any atom is 0.408 e. The molecule has 1 aromatic carbocycles. The number of fused-ring (bicyclic) bond motifs is 5. The van der Waals surface area contributed by atoms with Crippen molar-refractivity contribution >= 4 is 30.0 Å². The molecule has 7 N–H and O–H groups in total. The minimum absolute atomic E-state index is 0.0150. The van der Waals surface area contributed by atoms with E-state index in [9.17, 15) is 54.6 Å². The molecular weight excluding hydrogens is 778 g/mol. The minimum Gasteiger partial charge on any atom is -0.456 e. The Morgan fingerprint density at radius 2 is 1.59 bits per heavy atom. The Hall–Kier alpha value is -4.17. The first-order valence-electron chi connectivity index (χ1n) is 19.5. The summed E-state index contributed by atoms with van der Waals surface area (Å²) in [6.07, 6.45) is -15.7. The summed E-state index contributed by atoms with van der Waals surface area (Å²) in [7, 11) is 0. The zero-order valence-electron chi connectivity index (χ0n) is 34.7. The molecule has 3 fully saturated rings. The molecule has 18 nitrogen and oxygen atoms in total. The summed E-state index contributed by atoms with van der Waals surface area (Å²) in [5.41, 5.74) is -8.56. The lowest BCUT2D eigenvalue weighted by molar-refractivity contribution is -0.365. The topological polar surface area (TPSA) is 274 Å². The number of nitrogens with one attached hydrogen (secondary N) is 1. The molecule has 1 aromatic rings. The van der Waals surface area contributed by atoms with Gasteiger partial charge in [-0.25, -0.2) is 14.4 Å². The van der Waals surface area contributed by atoms with E-state index < -0.39 is 131 Å². The van der Waals surface area contributed by atoms with Crippen LogP contribution in [0.4, 0.5) is 4.79 Å². The molecular formula is C41H57NO17. The van der Waals surface area contributed by atoms with Gasteiger partial charge in [0, 0.05) is 37.5 Å². The van der Waals surface area contributed by atoms with Crippen molar-refractivity contribution in [1.82, 2.24) is 5.32 Å². The molecule has 1 amide bonds. The summed E-state index contributed by atoms with van der Waals surface area (Å²) in [4.78, 5) is 66.6. The molecule has 0 aromatic heterocycles. The zero-order valence-corrected chi connectivity index (χ0v) is 34.7. The third kappa shape index (κ3) is 8.07. The van der Waals surface area contributed by atoms with Gasteiger partial charge in [0.2, 0.25) is 0 Å². The van der Waals surface area contributed by atoms with E-state index in [1.165, 1.54) is 26.0 Å². The monoisotopic (exact) mass is 835 g/mol. The largest absolute Gasteiger partial charge is 0.456 e. The van der Waals surface area contributed by atoms with Crippen LogP contribution < -0.4 is 5.32 Å². The van der Waals surface area contributed by atoms with Gasteiger partial charge in [-0.1, -0.05) is 39.0 Å². The SMILES string of the molecule is CC(=O)O[C@@H]1C2=C(C)[C@@H](OC(=O)[C@H](O)[C@H](NC(=O)OC(C)(C)C)[C@H](O)CO)C[C@@](O)([C@@H](OC(=O)c3ccccc3)[C@@H]3[C@]4(OC(C)=O)CO[C@@H]4C[C@H](O)[C@@]3(C)[C@H]1O)C2(C)C. The molecule has 1 heterocycles. The van der Waals surface area contributed by atoms with Gasteiger partial charge in [-0.2, -0.15) is 0 Å². The normalized spacial score (nSPS) is 35.1. The van der Waals surface area contributed by atoms with E-state index in [0.29, 0.717) is 0 Å². The molecule has 2 saturated carbocycles. The maximum absolute atomic E-state index is 14.2. The highest BCUT2D eigenvalue weighted by atomic mass is 16.6. The third-order valence-corrected chi connectivity index (χ3v) is 12.5. The molecule has 0 radical (unpaired) electrons. The number of aliphatic hydroxyl groups is 6. The Morgan fingerprint density at radius 1 is 0.966 bits per heavy atom. The summed E-state index contributed by atoms with van der Waals surface area (Å²) < 4.78 is 35.2. The summed E-state index contributed by atoms with van der Waals surface area (Å²) in [5.74, 6) is -5.57. The van der Waals surface area contributed by atoms with Gasteiger partial charge in [0.15, 0.2) is 17.8 Å². The van der Waals surface area contributed by atoms with E-state index in [1.54, 1.807) is 52.8 Å². The van der Waals surface area contributed by atoms with Crippen molar-refractivity contribution in [3.05, 3.63) is 47.0 Å². The number of carbonyl (C=O) groups excluding carboxylic acids is 5. The number of esters is 4. The van der Waals surface area contributed by atoms with Gasteiger partial charge < -0.3 is 64.4 Å². The molecule has 1 aliphatic heterocycles. The standard InChI is InChI=1S/C41H57NO17/c1-19-24(56-35(51)29(48)28(23(46)17-43)42-36(52)59-37(4,5)6)16-41(53)33(57-34(50)22-13-11-10-12-14-22)31-39(9,25(47)15-26-40(31,18-54-26)58-21(3)45)32(49)30(55-20(2)44)27(19)38(41,7)8/h10-14,23-26,28-33,43,46-49,53H,15-18H2,1-9H3,(H,42,52)/t23-,24+,25+,26-,28-,29-,30-,31+,32+,33+,39-,40+,41-/m1/s1. The van der Waals surface area contributed by atoms with Crippen molar-refractivity contribution in [1.29, 1.82) is 0 Å². The van der Waals surface area contributed by atoms with Crippen LogP contribution in [0.1, 0.15) is 85.5 Å². The fourth-order valence-corrected chi connectivity index (χ4v) is 9.56. The van der Waals surface area contributed by atoms with Crippen LogP contribution in [0.15, 0.2) is 41.5 Å². The van der Waals surface area contributed by atoms with Gasteiger partial charge in [-0.15, -0.1) is 0 Å². The van der Waals surface area contributed by atoms with Crippen LogP contribution in [0.2, 0.25) is 0 Å². The first-order valence-corrected chi connectivity index (χ1v) is 19.5. The number of amides is 1. The molecule has 2 bridgehead atoms. The van der Waals surface area contributed by atoms with Crippen molar-refractivity contribution in [3.63, 3.8) is 0 Å². The summed E-state index contributed by atoms with van der Waals surface area (Å²) in [6.45, 7) is 11.6. The Bertz CT molecular complexity index is 1830. The lowest BCUT2D eigenvalue weighted by atomic mass is 9.44. The second-order valence-electron chi connectivity index (χ2n) is 17.8. The van der Waals surface area contributed by atoms with E-state index in [4.69, 9.17) is 28.4 Å². The molecule has 59 heavy (non-hydrogen) atoms. The van der Waals surface area contributed by atoms with E-state index >= 15 is 0 Å². The van der Waals surface area contributed by atoms with Crippen LogP contribution in [-0.2, 0) is 42.8 Å². The number of alkyl carbamates (subject to hydrolysis) is 1. The molecule has 0 spiro atoms. The average molecular weight is 836 g/mol. The molecule has 0 unspecified atom stereocenters. The zero-order chi connectivity index (χ0) is 44.2. The van der Waals surface area contributed by atoms with Gasteiger partial charge in [0.05, 0.1) is 36.8 Å². The van der Waals surface area contributed by atoms with Crippen LogP contribution in [-0.4, -0.2) is 146 Å². The van der Waals surface area contributed by atoms with Gasteiger partial charge in [0.25, 0.3) is 0 Å². The second-order valence-corrected chi connectivity index (χ2v) is 17.8. The smallest absolute Gasteiger partial charge is 0.408 e. The Balaban J connectivity index is 1.72. The third-order valence-electron chi connectivity index (χ3n) is 12.5. The fraction of sp³-hybridized carbons (Fsp3) is 0.683. The van der Waals surface area contributed by atoms with Crippen molar-refractivity contribution in [2.75, 3.05) is 13.2 Å². The number of ether oxygens (including phenoxy) is 6. The molecule has 5 rings (SSSR count). The van der Waals surface area contributed by atoms with Gasteiger partial charge in [-0.05, 0) is 51.0 Å². The highest BCUT2D eigenvalue weighted by Gasteiger charge is 2.78. The minimum atomic E-state index is -2.42. The number of aliphatic hydroxyl groups excluding tert-OH is 5. The fourth-order valence-electron chi connectivity index (χ4n) is 9.56. The van der Waals surface area contributed by atoms with E-state index in [1.807, 2.05) is 0 Å². The molecule has 3 aliphatic carbocycles.